The molecule has 0 saturated heterocycles. The maximum absolute atomic E-state index is 12.3. The van der Waals surface area contributed by atoms with E-state index >= 15 is 0 Å². The van der Waals surface area contributed by atoms with E-state index < -0.39 is 0 Å². The highest BCUT2D eigenvalue weighted by molar-refractivity contribution is 5.69. The number of esters is 1. The summed E-state index contributed by atoms with van der Waals surface area (Å²) >= 11 is 0. The molecule has 0 radical (unpaired) electrons. The summed E-state index contributed by atoms with van der Waals surface area (Å²) in [6, 6.07) is 7.38. The van der Waals surface area contributed by atoms with Crippen LogP contribution in [-0.4, -0.2) is 21.3 Å². The summed E-state index contributed by atoms with van der Waals surface area (Å²) in [6.07, 6.45) is 2.22. The quantitative estimate of drug-likeness (QED) is 0.534. The lowest BCUT2D eigenvalue weighted by molar-refractivity contribution is -0.145. The molecule has 0 aliphatic rings. The molecule has 3 aromatic rings. The molecule has 7 heteroatoms. The van der Waals surface area contributed by atoms with Gasteiger partial charge in [0.1, 0.15) is 5.75 Å². The standard InChI is InChI=1S/C24H30N2O5/c1-23(2,3)16-12-15(13-17(21(16)28)24(4,5)6)9-10-20(27)30-14-19-25-26-22(31-19)18-8-7-11-29-18/h7-8,11-13,28H,9-10,14H2,1-6H3. The van der Waals surface area contributed by atoms with E-state index in [1.54, 1.807) is 12.1 Å². The van der Waals surface area contributed by atoms with Gasteiger partial charge in [0, 0.05) is 6.42 Å². The number of carbonyl (C=O) groups is 1. The van der Waals surface area contributed by atoms with Gasteiger partial charge in [-0.3, -0.25) is 4.79 Å². The molecule has 2 aromatic heterocycles. The Balaban J connectivity index is 1.64. The zero-order chi connectivity index (χ0) is 22.8. The van der Waals surface area contributed by atoms with Crippen molar-refractivity contribution in [1.82, 2.24) is 10.2 Å². The largest absolute Gasteiger partial charge is 0.507 e. The van der Waals surface area contributed by atoms with Crippen LogP contribution in [0.5, 0.6) is 5.75 Å². The lowest BCUT2D eigenvalue weighted by Gasteiger charge is -2.28. The van der Waals surface area contributed by atoms with E-state index in [1.807, 2.05) is 12.1 Å². The van der Waals surface area contributed by atoms with Crippen LogP contribution in [0.2, 0.25) is 0 Å². The molecule has 166 valence electrons. The monoisotopic (exact) mass is 426 g/mol. The molecule has 3 rings (SSSR count). The van der Waals surface area contributed by atoms with Crippen LogP contribution in [0.4, 0.5) is 0 Å². The minimum atomic E-state index is -0.361. The highest BCUT2D eigenvalue weighted by Crippen LogP contribution is 2.40. The minimum absolute atomic E-state index is 0.0946. The zero-order valence-corrected chi connectivity index (χ0v) is 19.0. The molecule has 1 N–H and O–H groups in total. The number of phenols is 1. The fourth-order valence-electron chi connectivity index (χ4n) is 3.25. The fourth-order valence-corrected chi connectivity index (χ4v) is 3.25. The van der Waals surface area contributed by atoms with Gasteiger partial charge < -0.3 is 18.7 Å². The smallest absolute Gasteiger partial charge is 0.306 e. The second-order valence-corrected chi connectivity index (χ2v) is 9.68. The van der Waals surface area contributed by atoms with Crippen LogP contribution in [0.15, 0.2) is 39.4 Å². The van der Waals surface area contributed by atoms with E-state index in [0.29, 0.717) is 17.9 Å². The summed E-state index contributed by atoms with van der Waals surface area (Å²) in [7, 11) is 0. The van der Waals surface area contributed by atoms with Crippen LogP contribution in [0.25, 0.3) is 11.7 Å². The molecular weight excluding hydrogens is 396 g/mol. The molecule has 1 aromatic carbocycles. The van der Waals surface area contributed by atoms with Gasteiger partial charge in [0.2, 0.25) is 0 Å². The number of benzene rings is 1. The van der Waals surface area contributed by atoms with Gasteiger partial charge in [0.25, 0.3) is 11.8 Å². The Kier molecular flexibility index (Phi) is 6.25. The van der Waals surface area contributed by atoms with Crippen molar-refractivity contribution in [2.45, 2.75) is 71.8 Å². The number of hydrogen-bond donors (Lipinski definition) is 1. The van der Waals surface area contributed by atoms with Gasteiger partial charge in [-0.15, -0.1) is 10.2 Å². The number of rotatable bonds is 6. The normalized spacial score (nSPS) is 12.2. The number of nitrogens with zero attached hydrogens (tertiary/aromatic N) is 2. The van der Waals surface area contributed by atoms with Crippen molar-refractivity contribution in [2.24, 2.45) is 0 Å². The fraction of sp³-hybridized carbons (Fsp3) is 0.458. The number of aromatic hydroxyl groups is 1. The predicted octanol–water partition coefficient (Wildman–Crippen LogP) is 5.31. The maximum Gasteiger partial charge on any atom is 0.306 e. The molecule has 0 amide bonds. The number of aryl methyl sites for hydroxylation is 1. The van der Waals surface area contributed by atoms with Gasteiger partial charge in [-0.25, -0.2) is 0 Å². The van der Waals surface area contributed by atoms with Gasteiger partial charge in [-0.05, 0) is 46.1 Å². The predicted molar refractivity (Wildman–Crippen MR) is 116 cm³/mol. The summed E-state index contributed by atoms with van der Waals surface area (Å²) in [5, 5.41) is 18.6. The molecule has 0 bridgehead atoms. The van der Waals surface area contributed by atoms with E-state index in [9.17, 15) is 9.90 Å². The van der Waals surface area contributed by atoms with Crippen LogP contribution < -0.4 is 0 Å². The van der Waals surface area contributed by atoms with E-state index in [-0.39, 0.29) is 41.6 Å². The van der Waals surface area contributed by atoms with E-state index in [4.69, 9.17) is 13.6 Å². The SMILES string of the molecule is CC(C)(C)c1cc(CCC(=O)OCc2nnc(-c3ccco3)o2)cc(C(C)(C)C)c1O. The number of aromatic nitrogens is 2. The number of furan rings is 1. The van der Waals surface area contributed by atoms with Gasteiger partial charge in [0.15, 0.2) is 12.4 Å². The average molecular weight is 427 g/mol. The van der Waals surface area contributed by atoms with E-state index in [0.717, 1.165) is 16.7 Å². The number of phenolic OH excluding ortho intramolecular Hbond substituents is 1. The Bertz CT molecular complexity index is 1000. The van der Waals surface area contributed by atoms with Crippen molar-refractivity contribution in [3.63, 3.8) is 0 Å². The number of ether oxygens (including phenoxy) is 1. The minimum Gasteiger partial charge on any atom is -0.507 e. The van der Waals surface area contributed by atoms with Gasteiger partial charge in [-0.2, -0.15) is 0 Å². The highest BCUT2D eigenvalue weighted by Gasteiger charge is 2.26. The third-order valence-electron chi connectivity index (χ3n) is 4.96. The van der Waals surface area contributed by atoms with Crippen LogP contribution in [0, 0.1) is 0 Å². The zero-order valence-electron chi connectivity index (χ0n) is 19.0. The highest BCUT2D eigenvalue weighted by atomic mass is 16.5. The van der Waals surface area contributed by atoms with Crippen molar-refractivity contribution in [2.75, 3.05) is 0 Å². The van der Waals surface area contributed by atoms with Crippen molar-refractivity contribution >= 4 is 5.97 Å². The van der Waals surface area contributed by atoms with Crippen LogP contribution in [-0.2, 0) is 33.4 Å². The first-order valence-electron chi connectivity index (χ1n) is 10.3. The van der Waals surface area contributed by atoms with E-state index in [2.05, 4.69) is 51.7 Å². The third kappa shape index (κ3) is 5.54. The molecule has 0 unspecified atom stereocenters. The van der Waals surface area contributed by atoms with Gasteiger partial charge >= 0.3 is 5.97 Å². The number of carbonyl (C=O) groups excluding carboxylic acids is 1. The molecule has 0 spiro atoms. The van der Waals surface area contributed by atoms with Crippen LogP contribution in [0.3, 0.4) is 0 Å². The average Bonchev–Trinajstić information content (AvgIpc) is 3.35. The Hall–Kier alpha value is -3.09. The molecule has 7 nitrogen and oxygen atoms in total. The first kappa shape index (κ1) is 22.6. The molecule has 0 saturated carbocycles. The molecular formula is C24H30N2O5. The lowest BCUT2D eigenvalue weighted by atomic mass is 9.78. The van der Waals surface area contributed by atoms with Crippen molar-refractivity contribution in [3.05, 3.63) is 53.1 Å². The topological polar surface area (TPSA) is 98.6 Å². The molecule has 0 aliphatic carbocycles. The first-order chi connectivity index (χ1) is 14.4. The Morgan fingerprint density at radius 3 is 2.26 bits per heavy atom. The third-order valence-corrected chi connectivity index (χ3v) is 4.96. The Morgan fingerprint density at radius 1 is 1.06 bits per heavy atom. The van der Waals surface area contributed by atoms with Crippen LogP contribution >= 0.6 is 0 Å². The van der Waals surface area contributed by atoms with E-state index in [1.165, 1.54) is 6.26 Å². The summed E-state index contributed by atoms with van der Waals surface area (Å²) in [4.78, 5) is 12.3. The molecule has 0 aliphatic heterocycles. The van der Waals surface area contributed by atoms with Crippen molar-refractivity contribution < 1.29 is 23.5 Å². The molecule has 0 atom stereocenters. The van der Waals surface area contributed by atoms with Crippen molar-refractivity contribution in [3.8, 4) is 17.4 Å². The molecule has 0 fully saturated rings. The second kappa shape index (κ2) is 8.57. The van der Waals surface area contributed by atoms with Gasteiger partial charge in [-0.1, -0.05) is 53.7 Å². The Morgan fingerprint density at radius 2 is 1.71 bits per heavy atom. The van der Waals surface area contributed by atoms with Crippen LogP contribution in [0.1, 0.15) is 70.5 Å². The number of hydrogen-bond acceptors (Lipinski definition) is 7. The van der Waals surface area contributed by atoms with Gasteiger partial charge in [0.05, 0.1) is 6.26 Å². The van der Waals surface area contributed by atoms with Crippen molar-refractivity contribution in [1.29, 1.82) is 0 Å². The summed E-state index contributed by atoms with van der Waals surface area (Å²) in [6.45, 7) is 12.3. The lowest BCUT2D eigenvalue weighted by Crippen LogP contribution is -2.18. The summed E-state index contributed by atoms with van der Waals surface area (Å²) in [5.74, 6) is 0.871. The second-order valence-electron chi connectivity index (χ2n) is 9.68. The molecule has 2 heterocycles. The maximum atomic E-state index is 12.3. The first-order valence-corrected chi connectivity index (χ1v) is 10.3. The summed E-state index contributed by atoms with van der Waals surface area (Å²) in [5.41, 5.74) is 2.30. The summed E-state index contributed by atoms with van der Waals surface area (Å²) < 4.78 is 15.9. The Labute approximate surface area is 182 Å². The molecule has 31 heavy (non-hydrogen) atoms.